The maximum atomic E-state index is 5.53. The van der Waals surface area contributed by atoms with Gasteiger partial charge < -0.3 is 7.43 Å². The standard InChI is InChI=1S/2C6H7N.C5H8.CH3.2ClH.Ru/c2*1-6-2-4-7-5-3-6;1-4-5(2)3;;;;/h2*2-5H,1H3;1,4H,2-3H3;1H3;2*1H;/q;;;-1;;;+2/p-2. The molecule has 0 aliphatic heterocycles. The summed E-state index contributed by atoms with van der Waals surface area (Å²) in [5.74, 6) is 0. The van der Waals surface area contributed by atoms with E-state index in [1.54, 1.807) is 24.8 Å². The number of nitrogens with zero attached hydrogens (tertiary/aromatic N) is 2. The molecule has 0 fully saturated rings. The van der Waals surface area contributed by atoms with Crippen LogP contribution >= 0.6 is 19.4 Å². The van der Waals surface area contributed by atoms with Crippen molar-refractivity contribution in [1.82, 2.24) is 9.97 Å². The molecular formula is C18H25Cl2N2Ru-. The fraction of sp³-hybridized carbons (Fsp3) is 0.222. The molecule has 0 bridgehead atoms. The molecule has 0 amide bonds. The van der Waals surface area contributed by atoms with E-state index in [0.29, 0.717) is 0 Å². The first-order chi connectivity index (χ1) is 10.4. The van der Waals surface area contributed by atoms with Crippen molar-refractivity contribution in [3.05, 3.63) is 79.3 Å². The number of allylic oxidation sites excluding steroid dienone is 2. The van der Waals surface area contributed by atoms with Crippen LogP contribution in [0.3, 0.4) is 0 Å². The molecule has 0 N–H and O–H groups in total. The van der Waals surface area contributed by atoms with Crippen LogP contribution in [0, 0.1) is 21.3 Å². The second-order valence-electron chi connectivity index (χ2n) is 4.62. The maximum Gasteiger partial charge on any atom is 0.0270 e. The van der Waals surface area contributed by atoms with Gasteiger partial charge in [0.2, 0.25) is 0 Å². The second-order valence-corrected chi connectivity index (χ2v) is 10.4. The van der Waals surface area contributed by atoms with Crippen molar-refractivity contribution in [3.8, 4) is 0 Å². The molecule has 2 aromatic rings. The summed E-state index contributed by atoms with van der Waals surface area (Å²) < 4.78 is 1.88. The van der Waals surface area contributed by atoms with Crippen molar-refractivity contribution < 1.29 is 13.5 Å². The average molecular weight is 441 g/mol. The summed E-state index contributed by atoms with van der Waals surface area (Å²) in [6, 6.07) is 7.89. The Morgan fingerprint density at radius 3 is 1.35 bits per heavy atom. The summed E-state index contributed by atoms with van der Waals surface area (Å²) in [5, 5.41) is 0. The third-order valence-corrected chi connectivity index (χ3v) is 3.96. The number of pyridine rings is 2. The zero-order valence-corrected chi connectivity index (χ0v) is 17.5. The number of hydrogen-bond donors (Lipinski definition) is 0. The van der Waals surface area contributed by atoms with Crippen LogP contribution in [0.2, 0.25) is 0 Å². The molecule has 0 saturated carbocycles. The van der Waals surface area contributed by atoms with Crippen molar-refractivity contribution in [1.29, 1.82) is 0 Å². The van der Waals surface area contributed by atoms with E-state index in [9.17, 15) is 0 Å². The van der Waals surface area contributed by atoms with Crippen LogP contribution in [0.15, 0.2) is 60.7 Å². The topological polar surface area (TPSA) is 25.8 Å². The molecule has 2 aromatic heterocycles. The monoisotopic (exact) mass is 441 g/mol. The summed E-state index contributed by atoms with van der Waals surface area (Å²) in [6.07, 6.45) is 9.11. The van der Waals surface area contributed by atoms with Gasteiger partial charge >= 0.3 is 63.0 Å². The Morgan fingerprint density at radius 2 is 1.22 bits per heavy atom. The Balaban J connectivity index is 0. The fourth-order valence-corrected chi connectivity index (χ4v) is 2.34. The molecule has 2 nitrogen and oxygen atoms in total. The largest absolute Gasteiger partial charge is 0.358 e. The van der Waals surface area contributed by atoms with Gasteiger partial charge in [-0.3, -0.25) is 9.97 Å². The Hall–Kier alpha value is -0.887. The number of halogens is 2. The SMILES string of the molecule is CC(C)=C[CH]=[Ru]([Cl])[Cl].Cc1ccncc1.Cc1ccncc1.[CH3-]. The van der Waals surface area contributed by atoms with E-state index in [-0.39, 0.29) is 7.43 Å². The Bertz CT molecular complexity index is 509. The molecule has 130 valence electrons. The molecule has 0 saturated heterocycles. The zero-order chi connectivity index (χ0) is 16.8. The molecule has 0 aliphatic rings. The van der Waals surface area contributed by atoms with Gasteiger partial charge in [0, 0.05) is 24.8 Å². The molecule has 23 heavy (non-hydrogen) atoms. The van der Waals surface area contributed by atoms with Gasteiger partial charge in [0.15, 0.2) is 0 Å². The maximum absolute atomic E-state index is 5.53. The van der Waals surface area contributed by atoms with E-state index in [1.165, 1.54) is 16.7 Å². The third-order valence-electron chi connectivity index (χ3n) is 2.18. The second kappa shape index (κ2) is 16.0. The summed E-state index contributed by atoms with van der Waals surface area (Å²) in [7, 11) is 11.1. The van der Waals surface area contributed by atoms with Crippen molar-refractivity contribution in [2.24, 2.45) is 0 Å². The third kappa shape index (κ3) is 19.1. The number of hydrogen-bond acceptors (Lipinski definition) is 2. The Labute approximate surface area is 154 Å². The summed E-state index contributed by atoms with van der Waals surface area (Å²) in [6.45, 7) is 8.12. The average Bonchev–Trinajstić information content (AvgIpc) is 2.48. The van der Waals surface area contributed by atoms with Gasteiger partial charge in [0.05, 0.1) is 0 Å². The minimum atomic E-state index is -1.52. The Morgan fingerprint density at radius 1 is 0.870 bits per heavy atom. The van der Waals surface area contributed by atoms with Gasteiger partial charge in [-0.1, -0.05) is 0 Å². The number of aromatic nitrogens is 2. The molecule has 0 unspecified atom stereocenters. The van der Waals surface area contributed by atoms with Crippen LogP contribution in [0.4, 0.5) is 0 Å². The minimum Gasteiger partial charge on any atom is -0.358 e. The van der Waals surface area contributed by atoms with Crippen LogP contribution < -0.4 is 0 Å². The van der Waals surface area contributed by atoms with Crippen molar-refractivity contribution in [3.63, 3.8) is 0 Å². The first-order valence-corrected chi connectivity index (χ1v) is 12.1. The van der Waals surface area contributed by atoms with Crippen molar-refractivity contribution >= 4 is 24.0 Å². The molecule has 0 atom stereocenters. The first kappa shape index (κ1) is 24.4. The fourth-order valence-electron chi connectivity index (χ4n) is 1.02. The molecule has 5 heteroatoms. The van der Waals surface area contributed by atoms with E-state index in [4.69, 9.17) is 19.4 Å². The van der Waals surface area contributed by atoms with Crippen LogP contribution in [-0.4, -0.2) is 14.6 Å². The molecule has 0 aliphatic carbocycles. The van der Waals surface area contributed by atoms with Gasteiger partial charge in [-0.25, -0.2) is 0 Å². The van der Waals surface area contributed by atoms with E-state index in [0.717, 1.165) is 0 Å². The molecule has 0 spiro atoms. The molecule has 2 rings (SSSR count). The van der Waals surface area contributed by atoms with Gasteiger partial charge in [-0.05, 0) is 49.2 Å². The van der Waals surface area contributed by atoms with Gasteiger partial charge in [-0.2, -0.15) is 0 Å². The summed E-state index contributed by atoms with van der Waals surface area (Å²) >= 11 is -1.52. The smallest absolute Gasteiger partial charge is 0.0270 e. The van der Waals surface area contributed by atoms with Crippen LogP contribution in [0.25, 0.3) is 0 Å². The molecule has 0 aromatic carbocycles. The molecule has 0 radical (unpaired) electrons. The van der Waals surface area contributed by atoms with E-state index in [2.05, 4.69) is 9.97 Å². The molecular weight excluding hydrogens is 416 g/mol. The normalized spacial score (nSPS) is 8.87. The Kier molecular flexibility index (Phi) is 16.9. The van der Waals surface area contributed by atoms with Crippen LogP contribution in [0.5, 0.6) is 0 Å². The zero-order valence-electron chi connectivity index (χ0n) is 14.3. The number of rotatable bonds is 1. The van der Waals surface area contributed by atoms with E-state index < -0.39 is 13.5 Å². The minimum absolute atomic E-state index is 0. The summed E-state index contributed by atoms with van der Waals surface area (Å²) in [4.78, 5) is 7.69. The van der Waals surface area contributed by atoms with Gasteiger partial charge in [-0.15, -0.1) is 0 Å². The first-order valence-electron chi connectivity index (χ1n) is 6.61. The predicted molar refractivity (Wildman–Crippen MR) is 102 cm³/mol. The van der Waals surface area contributed by atoms with Crippen LogP contribution in [-0.2, 0) is 13.5 Å². The summed E-state index contributed by atoms with van der Waals surface area (Å²) in [5.41, 5.74) is 3.76. The predicted octanol–water partition coefficient (Wildman–Crippen LogP) is 5.91. The van der Waals surface area contributed by atoms with Crippen molar-refractivity contribution in [2.45, 2.75) is 27.7 Å². The van der Waals surface area contributed by atoms with E-state index in [1.807, 2.05) is 62.6 Å². The van der Waals surface area contributed by atoms with Crippen molar-refractivity contribution in [2.75, 3.05) is 0 Å². The van der Waals surface area contributed by atoms with Crippen LogP contribution in [0.1, 0.15) is 25.0 Å². The number of aryl methyl sites for hydroxylation is 2. The molecule has 2 heterocycles. The quantitative estimate of drug-likeness (QED) is 0.406. The van der Waals surface area contributed by atoms with Gasteiger partial charge in [0.25, 0.3) is 0 Å². The van der Waals surface area contributed by atoms with Gasteiger partial charge in [0.1, 0.15) is 0 Å². The van der Waals surface area contributed by atoms with E-state index >= 15 is 0 Å².